The fourth-order valence-corrected chi connectivity index (χ4v) is 5.22. The summed E-state index contributed by atoms with van der Waals surface area (Å²) < 4.78 is 17.1. The Morgan fingerprint density at radius 3 is 1.79 bits per heavy atom. The molecule has 3 aromatic rings. The van der Waals surface area contributed by atoms with Crippen molar-refractivity contribution in [2.75, 3.05) is 6.61 Å². The quantitative estimate of drug-likeness (QED) is 0.0703. The lowest BCUT2D eigenvalue weighted by Gasteiger charge is -2.13. The van der Waals surface area contributed by atoms with Crippen LogP contribution in [0.4, 0.5) is 0 Å². The highest BCUT2D eigenvalue weighted by molar-refractivity contribution is 5.96. The Balaban J connectivity index is 1.39. The first-order valence-electron chi connectivity index (χ1n) is 16.7. The lowest BCUT2D eigenvalue weighted by molar-refractivity contribution is 0.0319. The molecule has 3 rings (SSSR count). The molecule has 0 aliphatic carbocycles. The molecule has 1 atom stereocenters. The van der Waals surface area contributed by atoms with Crippen LogP contribution < -0.4 is 9.47 Å². The lowest BCUT2D eigenvalue weighted by atomic mass is 10.1. The number of unbranched alkanes of at least 4 members (excludes halogenated alkanes) is 12. The van der Waals surface area contributed by atoms with E-state index in [0.29, 0.717) is 23.5 Å². The van der Waals surface area contributed by atoms with Gasteiger partial charge < -0.3 is 14.2 Å². The van der Waals surface area contributed by atoms with Crippen molar-refractivity contribution >= 4 is 22.7 Å². The van der Waals surface area contributed by atoms with Crippen molar-refractivity contribution < 1.29 is 23.8 Å². The first-order chi connectivity index (χ1) is 21.0. The minimum absolute atomic E-state index is 0.105. The first-order valence-corrected chi connectivity index (χ1v) is 16.7. The zero-order valence-electron chi connectivity index (χ0n) is 26.7. The Morgan fingerprint density at radius 2 is 1.12 bits per heavy atom. The molecule has 0 aliphatic heterocycles. The maximum atomic E-state index is 12.8. The van der Waals surface area contributed by atoms with Gasteiger partial charge in [0, 0.05) is 0 Å². The molecule has 0 radical (unpaired) electrons. The monoisotopic (exact) mass is 588 g/mol. The fraction of sp³-hybridized carbons (Fsp3) is 0.526. The van der Waals surface area contributed by atoms with E-state index in [-0.39, 0.29) is 12.1 Å². The highest BCUT2D eigenvalue weighted by Gasteiger charge is 2.14. The molecular weight excluding hydrogens is 536 g/mol. The van der Waals surface area contributed by atoms with Crippen LogP contribution in [0, 0.1) is 0 Å². The molecule has 234 valence electrons. The van der Waals surface area contributed by atoms with E-state index in [2.05, 4.69) is 13.8 Å². The highest BCUT2D eigenvalue weighted by Crippen LogP contribution is 2.24. The van der Waals surface area contributed by atoms with Gasteiger partial charge in [-0.1, -0.05) is 103 Å². The van der Waals surface area contributed by atoms with E-state index in [1.807, 2.05) is 43.3 Å². The molecule has 0 aliphatic rings. The van der Waals surface area contributed by atoms with E-state index >= 15 is 0 Å². The Kier molecular flexibility index (Phi) is 15.7. The number of rotatable bonds is 21. The zero-order valence-corrected chi connectivity index (χ0v) is 26.7. The van der Waals surface area contributed by atoms with E-state index in [1.165, 1.54) is 77.0 Å². The van der Waals surface area contributed by atoms with Gasteiger partial charge in [-0.05, 0) is 85.5 Å². The van der Waals surface area contributed by atoms with Crippen LogP contribution in [-0.2, 0) is 4.74 Å². The molecule has 0 aromatic heterocycles. The van der Waals surface area contributed by atoms with Crippen LogP contribution in [0.3, 0.4) is 0 Å². The van der Waals surface area contributed by atoms with Crippen molar-refractivity contribution in [1.82, 2.24) is 0 Å². The number of carbonyl (C=O) groups is 2. The van der Waals surface area contributed by atoms with Crippen molar-refractivity contribution in [3.05, 3.63) is 71.8 Å². The zero-order chi connectivity index (χ0) is 30.7. The van der Waals surface area contributed by atoms with Gasteiger partial charge in [-0.2, -0.15) is 0 Å². The second kappa shape index (κ2) is 19.8. The molecule has 5 nitrogen and oxygen atoms in total. The molecule has 0 fully saturated rings. The summed E-state index contributed by atoms with van der Waals surface area (Å²) in [6.45, 7) is 7.08. The Bertz CT molecular complexity index is 1230. The van der Waals surface area contributed by atoms with Gasteiger partial charge in [-0.3, -0.25) is 0 Å². The molecule has 43 heavy (non-hydrogen) atoms. The number of ether oxygens (including phenoxy) is 3. The predicted octanol–water partition coefficient (Wildman–Crippen LogP) is 10.9. The number of esters is 2. The molecule has 3 aromatic carbocycles. The number of hydrogen-bond acceptors (Lipinski definition) is 5. The summed E-state index contributed by atoms with van der Waals surface area (Å²) in [5, 5.41) is 1.76. The van der Waals surface area contributed by atoms with Gasteiger partial charge in [0.25, 0.3) is 0 Å². The summed E-state index contributed by atoms with van der Waals surface area (Å²) in [6.07, 6.45) is 18.4. The summed E-state index contributed by atoms with van der Waals surface area (Å²) in [6, 6.07) is 18.0. The smallest absolute Gasteiger partial charge is 0.343 e. The maximum Gasteiger partial charge on any atom is 0.343 e. The average molecular weight is 589 g/mol. The lowest BCUT2D eigenvalue weighted by Crippen LogP contribution is -2.15. The maximum absolute atomic E-state index is 12.8. The van der Waals surface area contributed by atoms with Crippen molar-refractivity contribution in [2.24, 2.45) is 0 Å². The molecule has 5 heteroatoms. The number of hydrogen-bond donors (Lipinski definition) is 0. The van der Waals surface area contributed by atoms with Gasteiger partial charge in [0.2, 0.25) is 0 Å². The van der Waals surface area contributed by atoms with Crippen LogP contribution in [0.5, 0.6) is 11.5 Å². The van der Waals surface area contributed by atoms with E-state index in [9.17, 15) is 9.59 Å². The topological polar surface area (TPSA) is 61.8 Å². The second-order valence-electron chi connectivity index (χ2n) is 11.7. The van der Waals surface area contributed by atoms with Crippen molar-refractivity contribution in [3.8, 4) is 11.5 Å². The summed E-state index contributed by atoms with van der Waals surface area (Å²) in [7, 11) is 0. The van der Waals surface area contributed by atoms with Gasteiger partial charge >= 0.3 is 11.9 Å². The van der Waals surface area contributed by atoms with Crippen LogP contribution in [0.25, 0.3) is 10.8 Å². The van der Waals surface area contributed by atoms with Gasteiger partial charge in [-0.15, -0.1) is 0 Å². The Labute approximate surface area is 259 Å². The standard InChI is InChI=1S/C38H52O5/c1-4-6-8-10-11-12-13-14-15-17-27-41-35-24-21-31(22-25-35)37(39)43-36-26-23-32-28-34(20-19-33(32)29-36)38(40)42-30(3)18-16-9-7-5-2/h19-26,28-30H,4-18,27H2,1-3H3. The predicted molar refractivity (Wildman–Crippen MR) is 176 cm³/mol. The van der Waals surface area contributed by atoms with Crippen LogP contribution in [0.1, 0.15) is 138 Å². The van der Waals surface area contributed by atoms with Gasteiger partial charge in [0.05, 0.1) is 23.8 Å². The van der Waals surface area contributed by atoms with Gasteiger partial charge in [0.1, 0.15) is 11.5 Å². The fourth-order valence-electron chi connectivity index (χ4n) is 5.22. The molecule has 0 saturated carbocycles. The van der Waals surface area contributed by atoms with Crippen LogP contribution in [-0.4, -0.2) is 24.6 Å². The highest BCUT2D eigenvalue weighted by atomic mass is 16.5. The molecule has 0 heterocycles. The SMILES string of the molecule is CCCCCCCCCCCCOc1ccc(C(=O)Oc2ccc3cc(C(=O)OC(C)CCCCCC)ccc3c2)cc1. The van der Waals surface area contributed by atoms with Gasteiger partial charge in [0.15, 0.2) is 0 Å². The minimum Gasteiger partial charge on any atom is -0.494 e. The molecule has 0 saturated heterocycles. The van der Waals surface area contributed by atoms with Crippen LogP contribution >= 0.6 is 0 Å². The molecule has 0 spiro atoms. The van der Waals surface area contributed by atoms with E-state index in [0.717, 1.165) is 35.8 Å². The second-order valence-corrected chi connectivity index (χ2v) is 11.7. The van der Waals surface area contributed by atoms with Crippen molar-refractivity contribution in [3.63, 3.8) is 0 Å². The third kappa shape index (κ3) is 12.8. The minimum atomic E-state index is -0.422. The molecule has 0 amide bonds. The van der Waals surface area contributed by atoms with Crippen molar-refractivity contribution in [2.45, 2.75) is 123 Å². The van der Waals surface area contributed by atoms with E-state index in [4.69, 9.17) is 14.2 Å². The summed E-state index contributed by atoms with van der Waals surface area (Å²) in [4.78, 5) is 25.4. The molecule has 1 unspecified atom stereocenters. The molecular formula is C38H52O5. The number of benzene rings is 3. The first kappa shape index (κ1) is 34.2. The Morgan fingerprint density at radius 1 is 0.581 bits per heavy atom. The van der Waals surface area contributed by atoms with Crippen LogP contribution in [0.15, 0.2) is 60.7 Å². The number of fused-ring (bicyclic) bond motifs is 1. The Hall–Kier alpha value is -3.34. The number of carbonyl (C=O) groups excluding carboxylic acids is 2. The van der Waals surface area contributed by atoms with Crippen LogP contribution in [0.2, 0.25) is 0 Å². The normalized spacial score (nSPS) is 11.8. The third-order valence-electron chi connectivity index (χ3n) is 7.89. The molecule has 0 bridgehead atoms. The van der Waals surface area contributed by atoms with E-state index in [1.54, 1.807) is 24.3 Å². The summed E-state index contributed by atoms with van der Waals surface area (Å²) >= 11 is 0. The third-order valence-corrected chi connectivity index (χ3v) is 7.89. The van der Waals surface area contributed by atoms with Gasteiger partial charge in [-0.25, -0.2) is 9.59 Å². The van der Waals surface area contributed by atoms with E-state index < -0.39 is 5.97 Å². The average Bonchev–Trinajstić information content (AvgIpc) is 3.02. The summed E-state index contributed by atoms with van der Waals surface area (Å²) in [5.74, 6) is 0.484. The van der Waals surface area contributed by atoms with Crippen molar-refractivity contribution in [1.29, 1.82) is 0 Å². The largest absolute Gasteiger partial charge is 0.494 e. The molecule has 0 N–H and O–H groups in total. The summed E-state index contributed by atoms with van der Waals surface area (Å²) in [5.41, 5.74) is 0.987.